The number of carbonyl (C=O) groups is 2. The highest BCUT2D eigenvalue weighted by molar-refractivity contribution is 8.00. The van der Waals surface area contributed by atoms with Gasteiger partial charge in [-0.3, -0.25) is 19.5 Å². The molecule has 39 heavy (non-hydrogen) atoms. The molecule has 3 aromatic heterocycles. The zero-order valence-corrected chi connectivity index (χ0v) is 24.5. The number of carbonyl (C=O) groups excluding carboxylic acids is 2. The topological polar surface area (TPSA) is 80.1 Å². The Morgan fingerprint density at radius 3 is 2.62 bits per heavy atom. The van der Waals surface area contributed by atoms with Crippen LogP contribution in [0.1, 0.15) is 59.0 Å². The quantitative estimate of drug-likeness (QED) is 0.326. The number of aromatic nitrogens is 3. The van der Waals surface area contributed by atoms with Gasteiger partial charge in [0.15, 0.2) is 0 Å². The summed E-state index contributed by atoms with van der Waals surface area (Å²) in [6, 6.07) is 16.0. The number of hydrogen-bond acceptors (Lipinski definition) is 6. The molecule has 1 atom stereocenters. The molecular weight excluding hydrogens is 526 g/mol. The molecule has 4 heterocycles. The standard InChI is InChI=1S/C30H33N5O2S2/c1-19-11-12-22(20(2)15-19)35-29-26(28(33-35)30(3,4)5)27(23-10-8-14-38-23)39-18-25(37)34(29)17-24(36)32-16-21-9-6-7-13-31-21/h6-15,27H,16-18H2,1-5H3,(H,32,36)/t27-/m0/s1. The lowest BCUT2D eigenvalue weighted by molar-refractivity contribution is -0.123. The Morgan fingerprint density at radius 1 is 1.13 bits per heavy atom. The lowest BCUT2D eigenvalue weighted by Gasteiger charge is -2.24. The van der Waals surface area contributed by atoms with Crippen LogP contribution in [0.2, 0.25) is 0 Å². The first-order valence-electron chi connectivity index (χ1n) is 13.0. The molecule has 1 aliphatic rings. The summed E-state index contributed by atoms with van der Waals surface area (Å²) in [5.74, 6) is 0.583. The third-order valence-corrected chi connectivity index (χ3v) is 9.00. The van der Waals surface area contributed by atoms with Crippen LogP contribution < -0.4 is 10.2 Å². The van der Waals surface area contributed by atoms with Gasteiger partial charge in [-0.1, -0.05) is 50.6 Å². The highest BCUT2D eigenvalue weighted by Crippen LogP contribution is 2.49. The van der Waals surface area contributed by atoms with Crippen molar-refractivity contribution in [3.8, 4) is 5.69 Å². The Morgan fingerprint density at radius 2 is 1.95 bits per heavy atom. The zero-order valence-electron chi connectivity index (χ0n) is 22.9. The Balaban J connectivity index is 1.65. The molecule has 2 amide bonds. The van der Waals surface area contributed by atoms with Gasteiger partial charge in [-0.25, -0.2) is 4.68 Å². The fourth-order valence-corrected chi connectivity index (χ4v) is 7.02. The van der Waals surface area contributed by atoms with Gasteiger partial charge >= 0.3 is 0 Å². The van der Waals surface area contributed by atoms with Gasteiger partial charge in [0, 0.05) is 22.1 Å². The van der Waals surface area contributed by atoms with Crippen molar-refractivity contribution in [3.63, 3.8) is 0 Å². The van der Waals surface area contributed by atoms with Crippen LogP contribution in [0.25, 0.3) is 5.69 Å². The molecule has 0 spiro atoms. The molecule has 0 aliphatic carbocycles. The van der Waals surface area contributed by atoms with E-state index in [1.165, 1.54) is 4.88 Å². The summed E-state index contributed by atoms with van der Waals surface area (Å²) in [5, 5.41) is 10.1. The van der Waals surface area contributed by atoms with Crippen molar-refractivity contribution in [1.82, 2.24) is 20.1 Å². The highest BCUT2D eigenvalue weighted by atomic mass is 32.2. The van der Waals surface area contributed by atoms with Gasteiger partial charge in [-0.2, -0.15) is 5.10 Å². The van der Waals surface area contributed by atoms with Crippen LogP contribution in [-0.4, -0.2) is 38.9 Å². The average molecular weight is 560 g/mol. The summed E-state index contributed by atoms with van der Waals surface area (Å²) in [4.78, 5) is 34.1. The monoisotopic (exact) mass is 559 g/mol. The van der Waals surface area contributed by atoms with E-state index in [4.69, 9.17) is 5.10 Å². The number of pyridine rings is 1. The van der Waals surface area contributed by atoms with Crippen LogP contribution in [0.3, 0.4) is 0 Å². The molecule has 0 unspecified atom stereocenters. The van der Waals surface area contributed by atoms with Gasteiger partial charge in [0.05, 0.1) is 34.6 Å². The largest absolute Gasteiger partial charge is 0.349 e. The number of thioether (sulfide) groups is 1. The number of rotatable bonds is 6. The number of thiophene rings is 1. The van der Waals surface area contributed by atoms with E-state index in [-0.39, 0.29) is 34.8 Å². The van der Waals surface area contributed by atoms with Gasteiger partial charge in [0.2, 0.25) is 11.8 Å². The van der Waals surface area contributed by atoms with Crippen molar-refractivity contribution >= 4 is 40.7 Å². The minimum Gasteiger partial charge on any atom is -0.349 e. The summed E-state index contributed by atoms with van der Waals surface area (Å²) in [7, 11) is 0. The second-order valence-electron chi connectivity index (χ2n) is 10.8. The van der Waals surface area contributed by atoms with E-state index in [0.717, 1.165) is 33.8 Å². The van der Waals surface area contributed by atoms with E-state index in [9.17, 15) is 9.59 Å². The summed E-state index contributed by atoms with van der Waals surface area (Å²) in [6.45, 7) is 10.8. The number of amides is 2. The maximum atomic E-state index is 13.8. The molecule has 0 saturated carbocycles. The van der Waals surface area contributed by atoms with Crippen LogP contribution in [-0.2, 0) is 21.5 Å². The van der Waals surface area contributed by atoms with Crippen LogP contribution in [0.15, 0.2) is 60.1 Å². The summed E-state index contributed by atoms with van der Waals surface area (Å²) >= 11 is 3.28. The van der Waals surface area contributed by atoms with E-state index < -0.39 is 0 Å². The molecule has 0 saturated heterocycles. The van der Waals surface area contributed by atoms with Crippen LogP contribution in [0.4, 0.5) is 5.82 Å². The van der Waals surface area contributed by atoms with Crippen molar-refractivity contribution in [1.29, 1.82) is 0 Å². The lowest BCUT2D eigenvalue weighted by atomic mass is 9.88. The molecule has 0 bridgehead atoms. The molecule has 9 heteroatoms. The van der Waals surface area contributed by atoms with Gasteiger partial charge in [0.1, 0.15) is 12.4 Å². The molecule has 4 aromatic rings. The SMILES string of the molecule is Cc1ccc(-n2nc(C(C)(C)C)c3c2N(CC(=O)NCc2ccccn2)C(=O)CS[C@H]3c2cccs2)c(C)c1. The molecule has 1 aromatic carbocycles. The van der Waals surface area contributed by atoms with Crippen molar-refractivity contribution in [3.05, 3.63) is 93.1 Å². The van der Waals surface area contributed by atoms with Gasteiger partial charge < -0.3 is 5.32 Å². The zero-order chi connectivity index (χ0) is 27.7. The number of hydrogen-bond donors (Lipinski definition) is 1. The van der Waals surface area contributed by atoms with Crippen LogP contribution in [0, 0.1) is 13.8 Å². The first-order valence-corrected chi connectivity index (χ1v) is 14.9. The Labute approximate surface area is 237 Å². The van der Waals surface area contributed by atoms with Gasteiger partial charge in [0.25, 0.3) is 0 Å². The van der Waals surface area contributed by atoms with Crippen LogP contribution in [0.5, 0.6) is 0 Å². The maximum absolute atomic E-state index is 13.8. The van der Waals surface area contributed by atoms with Crippen molar-refractivity contribution < 1.29 is 9.59 Å². The molecule has 7 nitrogen and oxygen atoms in total. The number of nitrogens with zero attached hydrogens (tertiary/aromatic N) is 4. The summed E-state index contributed by atoms with van der Waals surface area (Å²) in [5.41, 5.74) is 5.50. The van der Waals surface area contributed by atoms with E-state index in [1.54, 1.807) is 34.2 Å². The maximum Gasteiger partial charge on any atom is 0.240 e. The smallest absolute Gasteiger partial charge is 0.240 e. The minimum absolute atomic E-state index is 0.0701. The molecular formula is C30H33N5O2S2. The fourth-order valence-electron chi connectivity index (χ4n) is 4.84. The molecule has 0 fully saturated rings. The van der Waals surface area contributed by atoms with E-state index >= 15 is 0 Å². The first kappa shape index (κ1) is 27.1. The number of aryl methyl sites for hydroxylation is 2. The second kappa shape index (κ2) is 11.0. The van der Waals surface area contributed by atoms with Crippen molar-refractivity contribution in [2.45, 2.75) is 51.8 Å². The number of fused-ring (bicyclic) bond motifs is 1. The predicted molar refractivity (Wildman–Crippen MR) is 159 cm³/mol. The van der Waals surface area contributed by atoms with Crippen molar-refractivity contribution in [2.75, 3.05) is 17.2 Å². The summed E-state index contributed by atoms with van der Waals surface area (Å²) < 4.78 is 1.89. The van der Waals surface area contributed by atoms with Gasteiger partial charge in [-0.15, -0.1) is 23.1 Å². The second-order valence-corrected chi connectivity index (χ2v) is 12.9. The first-order chi connectivity index (χ1) is 18.6. The molecule has 5 rings (SSSR count). The number of benzene rings is 1. The Hall–Kier alpha value is -3.43. The summed E-state index contributed by atoms with van der Waals surface area (Å²) in [6.07, 6.45) is 1.70. The van der Waals surface area contributed by atoms with E-state index in [2.05, 4.69) is 68.5 Å². The molecule has 1 aliphatic heterocycles. The normalized spacial score (nSPS) is 15.7. The predicted octanol–water partition coefficient (Wildman–Crippen LogP) is 5.73. The molecule has 0 radical (unpaired) electrons. The van der Waals surface area contributed by atoms with Gasteiger partial charge in [-0.05, 0) is 49.1 Å². The highest BCUT2D eigenvalue weighted by Gasteiger charge is 2.40. The van der Waals surface area contributed by atoms with Crippen molar-refractivity contribution in [2.24, 2.45) is 0 Å². The average Bonchev–Trinajstić information content (AvgIpc) is 3.53. The fraction of sp³-hybridized carbons (Fsp3) is 0.333. The molecule has 1 N–H and O–H groups in total. The third-order valence-electron chi connectivity index (χ3n) is 6.68. The van der Waals surface area contributed by atoms with E-state index in [1.807, 2.05) is 35.0 Å². The Bertz CT molecular complexity index is 1490. The third kappa shape index (κ3) is 5.65. The minimum atomic E-state index is -0.287. The Kier molecular flexibility index (Phi) is 7.64. The molecule has 202 valence electrons. The number of anilines is 1. The van der Waals surface area contributed by atoms with Crippen LogP contribution >= 0.6 is 23.1 Å². The lowest BCUT2D eigenvalue weighted by Crippen LogP contribution is -2.42. The van der Waals surface area contributed by atoms with E-state index in [0.29, 0.717) is 12.4 Å². The number of nitrogens with one attached hydrogen (secondary N) is 1.